The maximum Gasteiger partial charge on any atom is 0.260 e. The zero-order valence-corrected chi connectivity index (χ0v) is 11.4. The molecule has 0 aliphatic carbocycles. The van der Waals surface area contributed by atoms with Crippen molar-refractivity contribution in [2.75, 3.05) is 5.32 Å². The van der Waals surface area contributed by atoms with Gasteiger partial charge in [-0.15, -0.1) is 0 Å². The van der Waals surface area contributed by atoms with Gasteiger partial charge in [0.1, 0.15) is 0 Å². The lowest BCUT2D eigenvalue weighted by Crippen LogP contribution is -2.12. The summed E-state index contributed by atoms with van der Waals surface area (Å²) in [6.07, 6.45) is 5.17. The van der Waals surface area contributed by atoms with E-state index in [2.05, 4.69) is 33.7 Å². The number of benzene rings is 1. The number of para-hydroxylation sites is 1. The Bertz CT molecular complexity index is 740. The summed E-state index contributed by atoms with van der Waals surface area (Å²) >= 11 is 0. The number of amides is 1. The number of fused-ring (bicyclic) bond motifs is 1. The number of hydrogen-bond acceptors (Lipinski definition) is 2. The van der Waals surface area contributed by atoms with Crippen molar-refractivity contribution >= 4 is 22.8 Å². The lowest BCUT2D eigenvalue weighted by Gasteiger charge is -2.08. The molecule has 5 heteroatoms. The van der Waals surface area contributed by atoms with Crippen molar-refractivity contribution in [3.05, 3.63) is 48.4 Å². The molecule has 3 rings (SSSR count). The van der Waals surface area contributed by atoms with Crippen LogP contribution in [0.25, 0.3) is 10.9 Å². The van der Waals surface area contributed by atoms with Crippen LogP contribution in [0.4, 0.5) is 5.95 Å². The molecule has 0 spiro atoms. The second-order valence-electron chi connectivity index (χ2n) is 4.95. The minimum atomic E-state index is -0.157. The minimum absolute atomic E-state index is 0.157. The monoisotopic (exact) mass is 268 g/mol. The SMILES string of the molecule is CC(C)n1cc(C(=O)Nc2ncc[nH]2)c2ccccc21. The van der Waals surface area contributed by atoms with Crippen LogP contribution in [-0.2, 0) is 0 Å². The average molecular weight is 268 g/mol. The van der Waals surface area contributed by atoms with E-state index in [0.717, 1.165) is 10.9 Å². The Labute approximate surface area is 116 Å². The average Bonchev–Trinajstić information content (AvgIpc) is 3.05. The highest BCUT2D eigenvalue weighted by molar-refractivity contribution is 6.12. The highest BCUT2D eigenvalue weighted by Crippen LogP contribution is 2.25. The van der Waals surface area contributed by atoms with Gasteiger partial charge in [-0.1, -0.05) is 18.2 Å². The normalized spacial score (nSPS) is 11.2. The number of anilines is 1. The molecule has 5 nitrogen and oxygen atoms in total. The van der Waals surface area contributed by atoms with Gasteiger partial charge in [0.05, 0.1) is 5.56 Å². The minimum Gasteiger partial charge on any atom is -0.344 e. The Balaban J connectivity index is 2.05. The van der Waals surface area contributed by atoms with Crippen molar-refractivity contribution in [3.63, 3.8) is 0 Å². The number of aromatic amines is 1. The molecule has 1 amide bonds. The van der Waals surface area contributed by atoms with Crippen LogP contribution in [0.5, 0.6) is 0 Å². The molecule has 0 aliphatic rings. The van der Waals surface area contributed by atoms with E-state index in [1.807, 2.05) is 30.5 Å². The zero-order valence-electron chi connectivity index (χ0n) is 11.4. The molecule has 0 fully saturated rings. The van der Waals surface area contributed by atoms with Gasteiger partial charge in [-0.3, -0.25) is 10.1 Å². The second kappa shape index (κ2) is 4.85. The topological polar surface area (TPSA) is 62.7 Å². The number of aromatic nitrogens is 3. The second-order valence-corrected chi connectivity index (χ2v) is 4.95. The van der Waals surface area contributed by atoms with Crippen LogP contribution in [0.2, 0.25) is 0 Å². The lowest BCUT2D eigenvalue weighted by atomic mass is 10.1. The number of H-pyrrole nitrogens is 1. The summed E-state index contributed by atoms with van der Waals surface area (Å²) < 4.78 is 2.10. The number of rotatable bonds is 3. The van der Waals surface area contributed by atoms with Crippen molar-refractivity contribution in [3.8, 4) is 0 Å². The summed E-state index contributed by atoms with van der Waals surface area (Å²) in [7, 11) is 0. The highest BCUT2D eigenvalue weighted by Gasteiger charge is 2.16. The van der Waals surface area contributed by atoms with Gasteiger partial charge in [0.25, 0.3) is 5.91 Å². The van der Waals surface area contributed by atoms with Crippen LogP contribution < -0.4 is 5.32 Å². The molecule has 2 N–H and O–H groups in total. The van der Waals surface area contributed by atoms with E-state index in [1.165, 1.54) is 0 Å². The number of imidazole rings is 1. The van der Waals surface area contributed by atoms with Crippen molar-refractivity contribution in [2.24, 2.45) is 0 Å². The van der Waals surface area contributed by atoms with E-state index in [4.69, 9.17) is 0 Å². The molecule has 0 bridgehead atoms. The molecule has 3 aromatic rings. The van der Waals surface area contributed by atoms with Gasteiger partial charge >= 0.3 is 0 Å². The van der Waals surface area contributed by atoms with E-state index in [9.17, 15) is 4.79 Å². The van der Waals surface area contributed by atoms with Crippen LogP contribution in [-0.4, -0.2) is 20.4 Å². The third kappa shape index (κ3) is 2.07. The molecule has 0 aliphatic heterocycles. The molecule has 0 atom stereocenters. The van der Waals surface area contributed by atoms with E-state index in [-0.39, 0.29) is 5.91 Å². The fourth-order valence-corrected chi connectivity index (χ4v) is 2.32. The third-order valence-corrected chi connectivity index (χ3v) is 3.27. The van der Waals surface area contributed by atoms with Gasteiger partial charge in [-0.05, 0) is 19.9 Å². The molecule has 2 aromatic heterocycles. The fourth-order valence-electron chi connectivity index (χ4n) is 2.32. The number of hydrogen-bond donors (Lipinski definition) is 2. The van der Waals surface area contributed by atoms with Crippen molar-refractivity contribution in [1.29, 1.82) is 0 Å². The molecular formula is C15H16N4O. The number of nitrogens with zero attached hydrogens (tertiary/aromatic N) is 2. The van der Waals surface area contributed by atoms with Gasteiger partial charge in [-0.2, -0.15) is 0 Å². The van der Waals surface area contributed by atoms with Crippen LogP contribution in [0.1, 0.15) is 30.2 Å². The smallest absolute Gasteiger partial charge is 0.260 e. The molecule has 0 saturated heterocycles. The number of nitrogens with one attached hydrogen (secondary N) is 2. The van der Waals surface area contributed by atoms with Crippen LogP contribution in [0.3, 0.4) is 0 Å². The van der Waals surface area contributed by atoms with E-state index in [0.29, 0.717) is 17.6 Å². The van der Waals surface area contributed by atoms with Crippen molar-refractivity contribution in [1.82, 2.24) is 14.5 Å². The predicted octanol–water partition coefficient (Wildman–Crippen LogP) is 3.20. The van der Waals surface area contributed by atoms with Gasteiger partial charge in [-0.25, -0.2) is 4.98 Å². The Morgan fingerprint density at radius 2 is 2.15 bits per heavy atom. The summed E-state index contributed by atoms with van der Waals surface area (Å²) in [5, 5.41) is 3.71. The summed E-state index contributed by atoms with van der Waals surface area (Å²) in [4.78, 5) is 19.3. The number of carbonyl (C=O) groups excluding carboxylic acids is 1. The first-order chi connectivity index (χ1) is 9.66. The van der Waals surface area contributed by atoms with E-state index >= 15 is 0 Å². The van der Waals surface area contributed by atoms with Crippen LogP contribution >= 0.6 is 0 Å². The predicted molar refractivity (Wildman–Crippen MR) is 78.9 cm³/mol. The Morgan fingerprint density at radius 3 is 2.85 bits per heavy atom. The summed E-state index contributed by atoms with van der Waals surface area (Å²) in [6, 6.07) is 8.21. The Morgan fingerprint density at radius 1 is 1.35 bits per heavy atom. The van der Waals surface area contributed by atoms with Gasteiger partial charge < -0.3 is 9.55 Å². The third-order valence-electron chi connectivity index (χ3n) is 3.27. The fraction of sp³-hybridized carbons (Fsp3) is 0.200. The molecule has 102 valence electrons. The van der Waals surface area contributed by atoms with Crippen molar-refractivity contribution < 1.29 is 4.79 Å². The summed E-state index contributed by atoms with van der Waals surface area (Å²) in [5.74, 6) is 0.298. The van der Waals surface area contributed by atoms with Gasteiger partial charge in [0.15, 0.2) is 0 Å². The quantitative estimate of drug-likeness (QED) is 0.766. The summed E-state index contributed by atoms with van der Waals surface area (Å²) in [5.41, 5.74) is 1.72. The first-order valence-electron chi connectivity index (χ1n) is 6.57. The molecule has 0 saturated carbocycles. The molecule has 20 heavy (non-hydrogen) atoms. The molecule has 0 radical (unpaired) electrons. The maximum atomic E-state index is 12.4. The standard InChI is InChI=1S/C15H16N4O/c1-10(2)19-9-12(11-5-3-4-6-13(11)19)14(20)18-15-16-7-8-17-15/h3-10H,1-2H3,(H2,16,17,18,20). The highest BCUT2D eigenvalue weighted by atomic mass is 16.1. The first-order valence-corrected chi connectivity index (χ1v) is 6.57. The molecule has 1 aromatic carbocycles. The van der Waals surface area contributed by atoms with Crippen molar-refractivity contribution in [2.45, 2.75) is 19.9 Å². The first kappa shape index (κ1) is 12.5. The van der Waals surface area contributed by atoms with E-state index in [1.54, 1.807) is 12.4 Å². The molecule has 0 unspecified atom stereocenters. The van der Waals surface area contributed by atoms with Crippen LogP contribution in [0, 0.1) is 0 Å². The zero-order chi connectivity index (χ0) is 14.1. The Kier molecular flexibility index (Phi) is 3.02. The van der Waals surface area contributed by atoms with E-state index < -0.39 is 0 Å². The van der Waals surface area contributed by atoms with Crippen LogP contribution in [0.15, 0.2) is 42.9 Å². The summed E-state index contributed by atoms with van der Waals surface area (Å²) in [6.45, 7) is 4.20. The largest absolute Gasteiger partial charge is 0.344 e. The Hall–Kier alpha value is -2.56. The van der Waals surface area contributed by atoms with Gasteiger partial charge in [0.2, 0.25) is 5.95 Å². The van der Waals surface area contributed by atoms with Gasteiger partial charge in [0, 0.05) is 35.5 Å². The molecule has 2 heterocycles. The molecular weight excluding hydrogens is 252 g/mol. The lowest BCUT2D eigenvalue weighted by molar-refractivity contribution is 0.102. The maximum absolute atomic E-state index is 12.4. The number of carbonyl (C=O) groups is 1.